The summed E-state index contributed by atoms with van der Waals surface area (Å²) in [5.41, 5.74) is 1.16. The van der Waals surface area contributed by atoms with E-state index in [0.717, 1.165) is 17.1 Å². The van der Waals surface area contributed by atoms with E-state index in [1.165, 1.54) is 54.8 Å². The van der Waals surface area contributed by atoms with Gasteiger partial charge in [0.15, 0.2) is 0 Å². The molecule has 0 aliphatic carbocycles. The van der Waals surface area contributed by atoms with Crippen molar-refractivity contribution >= 4 is 37.3 Å². The molecule has 0 bridgehead atoms. The first-order valence-corrected chi connectivity index (χ1v) is 14.2. The second-order valence-electron chi connectivity index (χ2n) is 8.27. The summed E-state index contributed by atoms with van der Waals surface area (Å²) in [5.74, 6) is -0.488. The van der Waals surface area contributed by atoms with Crippen molar-refractivity contribution in [3.8, 4) is 0 Å². The van der Waals surface area contributed by atoms with Crippen molar-refractivity contribution in [3.05, 3.63) is 48.0 Å². The van der Waals surface area contributed by atoms with Gasteiger partial charge in [0.1, 0.15) is 0 Å². The first-order chi connectivity index (χ1) is 16.6. The lowest BCUT2D eigenvalue weighted by Gasteiger charge is -2.26. The molecule has 1 aliphatic rings. The number of carbonyl (C=O) groups is 1. The van der Waals surface area contributed by atoms with Crippen LogP contribution in [0.1, 0.15) is 30.1 Å². The highest BCUT2D eigenvalue weighted by molar-refractivity contribution is 7.89. The minimum absolute atomic E-state index is 0.0690. The number of unbranched alkanes of at least 4 members (excludes halogenated alkanes) is 1. The average molecular weight is 525 g/mol. The van der Waals surface area contributed by atoms with Crippen LogP contribution in [0.5, 0.6) is 0 Å². The average Bonchev–Trinajstić information content (AvgIpc) is 2.85. The molecule has 0 unspecified atom stereocenters. The van der Waals surface area contributed by atoms with Gasteiger partial charge in [-0.3, -0.25) is 4.79 Å². The molecule has 3 rings (SSSR count). The van der Waals surface area contributed by atoms with Gasteiger partial charge < -0.3 is 15.4 Å². The Hall–Kier alpha value is -2.51. The minimum Gasteiger partial charge on any atom is -0.383 e. The maximum absolute atomic E-state index is 13.1. The van der Waals surface area contributed by atoms with Crippen LogP contribution < -0.4 is 10.6 Å². The molecule has 1 saturated heterocycles. The molecule has 1 fully saturated rings. The van der Waals surface area contributed by atoms with Crippen molar-refractivity contribution in [3.63, 3.8) is 0 Å². The first kappa shape index (κ1) is 27.1. The molecule has 1 heterocycles. The number of benzene rings is 2. The predicted octanol–water partition coefficient (Wildman–Crippen LogP) is 2.42. The Bertz CT molecular complexity index is 1240. The molecule has 2 aromatic rings. The number of carbonyl (C=O) groups excluding carboxylic acids is 1. The molecule has 1 aliphatic heterocycles. The molecule has 1 amide bonds. The molecule has 0 atom stereocenters. The molecule has 0 radical (unpaired) electrons. The Morgan fingerprint density at radius 2 is 1.60 bits per heavy atom. The SMILES string of the molecule is CCCCNc1ccc(S(=O)(=O)N2CCOCC2)cc1NC(=O)c1ccc(S(=O)(=O)N(C)C)cc1. The predicted molar refractivity (Wildman–Crippen MR) is 135 cm³/mol. The Labute approximate surface area is 207 Å². The molecule has 0 saturated carbocycles. The van der Waals surface area contributed by atoms with Gasteiger partial charge in [0, 0.05) is 39.3 Å². The van der Waals surface area contributed by atoms with Crippen molar-refractivity contribution in [1.29, 1.82) is 0 Å². The van der Waals surface area contributed by atoms with E-state index in [4.69, 9.17) is 4.74 Å². The van der Waals surface area contributed by atoms with Crippen molar-refractivity contribution in [2.45, 2.75) is 29.6 Å². The van der Waals surface area contributed by atoms with Crippen LogP contribution in [0.25, 0.3) is 0 Å². The lowest BCUT2D eigenvalue weighted by Crippen LogP contribution is -2.40. The number of ether oxygens (including phenoxy) is 1. The Balaban J connectivity index is 1.89. The molecule has 35 heavy (non-hydrogen) atoms. The number of sulfonamides is 2. The van der Waals surface area contributed by atoms with Gasteiger partial charge in [0.05, 0.1) is 34.4 Å². The van der Waals surface area contributed by atoms with E-state index in [0.29, 0.717) is 31.1 Å². The molecule has 0 spiro atoms. The highest BCUT2D eigenvalue weighted by Crippen LogP contribution is 2.28. The summed E-state index contributed by atoms with van der Waals surface area (Å²) in [6.45, 7) is 3.91. The fourth-order valence-corrected chi connectivity index (χ4v) is 5.80. The number of hydrogen-bond donors (Lipinski definition) is 2. The second kappa shape index (κ2) is 11.5. The van der Waals surface area contributed by atoms with Crippen LogP contribution in [0, 0.1) is 0 Å². The maximum atomic E-state index is 13.1. The maximum Gasteiger partial charge on any atom is 0.255 e. The minimum atomic E-state index is -3.75. The smallest absolute Gasteiger partial charge is 0.255 e. The van der Waals surface area contributed by atoms with Gasteiger partial charge in [-0.2, -0.15) is 4.31 Å². The highest BCUT2D eigenvalue weighted by Gasteiger charge is 2.27. The normalized spacial score (nSPS) is 15.2. The van der Waals surface area contributed by atoms with Crippen molar-refractivity contribution in [2.24, 2.45) is 0 Å². The summed E-state index contributed by atoms with van der Waals surface area (Å²) in [6, 6.07) is 10.2. The molecule has 2 aromatic carbocycles. The number of nitrogens with zero attached hydrogens (tertiary/aromatic N) is 2. The number of hydrogen-bond acceptors (Lipinski definition) is 7. The van der Waals surface area contributed by atoms with E-state index in [2.05, 4.69) is 17.6 Å². The van der Waals surface area contributed by atoms with E-state index < -0.39 is 26.0 Å². The standard InChI is InChI=1S/C23H32N4O6S2/c1-4-5-12-24-21-11-10-20(35(31,32)27-13-15-33-16-14-27)17-22(21)25-23(28)18-6-8-19(9-7-18)34(29,30)26(2)3/h6-11,17,24H,4-5,12-16H2,1-3H3,(H,25,28). The Morgan fingerprint density at radius 1 is 0.971 bits per heavy atom. The third-order valence-corrected chi connectivity index (χ3v) is 9.31. The monoisotopic (exact) mass is 524 g/mol. The van der Waals surface area contributed by atoms with Crippen LogP contribution in [-0.2, 0) is 24.8 Å². The number of rotatable bonds is 10. The quantitative estimate of drug-likeness (QED) is 0.457. The van der Waals surface area contributed by atoms with E-state index in [-0.39, 0.29) is 28.4 Å². The molecule has 2 N–H and O–H groups in total. The fourth-order valence-electron chi connectivity index (χ4n) is 3.46. The lowest BCUT2D eigenvalue weighted by molar-refractivity contribution is 0.0730. The number of anilines is 2. The number of nitrogens with one attached hydrogen (secondary N) is 2. The van der Waals surface area contributed by atoms with Crippen LogP contribution in [-0.4, -0.2) is 78.3 Å². The first-order valence-electron chi connectivity index (χ1n) is 11.4. The number of amides is 1. The van der Waals surface area contributed by atoms with Gasteiger partial charge in [0.2, 0.25) is 20.0 Å². The van der Waals surface area contributed by atoms with Gasteiger partial charge in [-0.25, -0.2) is 21.1 Å². The Morgan fingerprint density at radius 3 is 2.20 bits per heavy atom. The van der Waals surface area contributed by atoms with Gasteiger partial charge in [-0.1, -0.05) is 13.3 Å². The van der Waals surface area contributed by atoms with E-state index in [1.807, 2.05) is 0 Å². The largest absolute Gasteiger partial charge is 0.383 e. The van der Waals surface area contributed by atoms with Gasteiger partial charge in [-0.15, -0.1) is 0 Å². The fraction of sp³-hybridized carbons (Fsp3) is 0.435. The van der Waals surface area contributed by atoms with Crippen LogP contribution in [0.15, 0.2) is 52.3 Å². The zero-order valence-corrected chi connectivity index (χ0v) is 21.8. The van der Waals surface area contributed by atoms with Gasteiger partial charge in [-0.05, 0) is 48.9 Å². The molecule has 10 nitrogen and oxygen atoms in total. The van der Waals surface area contributed by atoms with E-state index in [9.17, 15) is 21.6 Å². The third-order valence-electron chi connectivity index (χ3n) is 5.59. The summed E-state index contributed by atoms with van der Waals surface area (Å²) < 4.78 is 58.5. The van der Waals surface area contributed by atoms with E-state index in [1.54, 1.807) is 6.07 Å². The van der Waals surface area contributed by atoms with Crippen molar-refractivity contribution in [1.82, 2.24) is 8.61 Å². The summed E-state index contributed by atoms with van der Waals surface area (Å²) in [5, 5.41) is 6.02. The highest BCUT2D eigenvalue weighted by atomic mass is 32.2. The van der Waals surface area contributed by atoms with Crippen molar-refractivity contribution in [2.75, 3.05) is 57.6 Å². The second-order valence-corrected chi connectivity index (χ2v) is 12.4. The lowest BCUT2D eigenvalue weighted by atomic mass is 10.2. The third kappa shape index (κ3) is 6.39. The molecule has 0 aromatic heterocycles. The van der Waals surface area contributed by atoms with Crippen LogP contribution in [0.3, 0.4) is 0 Å². The van der Waals surface area contributed by atoms with Crippen LogP contribution >= 0.6 is 0 Å². The molecule has 12 heteroatoms. The summed E-state index contributed by atoms with van der Waals surface area (Å²) >= 11 is 0. The Kier molecular flexibility index (Phi) is 8.89. The summed E-state index contributed by atoms with van der Waals surface area (Å²) in [7, 11) is -4.51. The zero-order valence-electron chi connectivity index (χ0n) is 20.2. The zero-order chi connectivity index (χ0) is 25.6. The molecular formula is C23H32N4O6S2. The van der Waals surface area contributed by atoms with E-state index >= 15 is 0 Å². The van der Waals surface area contributed by atoms with Crippen LogP contribution in [0.4, 0.5) is 11.4 Å². The van der Waals surface area contributed by atoms with Gasteiger partial charge >= 0.3 is 0 Å². The number of morpholine rings is 1. The summed E-state index contributed by atoms with van der Waals surface area (Å²) in [6.07, 6.45) is 1.88. The molecular weight excluding hydrogens is 492 g/mol. The van der Waals surface area contributed by atoms with Crippen LogP contribution in [0.2, 0.25) is 0 Å². The topological polar surface area (TPSA) is 125 Å². The summed E-state index contributed by atoms with van der Waals surface area (Å²) in [4.78, 5) is 13.1. The van der Waals surface area contributed by atoms with Gasteiger partial charge in [0.25, 0.3) is 5.91 Å². The molecule has 192 valence electrons. The van der Waals surface area contributed by atoms with Crippen molar-refractivity contribution < 1.29 is 26.4 Å².